The van der Waals surface area contributed by atoms with E-state index in [4.69, 9.17) is 4.74 Å². The van der Waals surface area contributed by atoms with Crippen LogP contribution in [0.1, 0.15) is 59.3 Å². The zero-order valence-electron chi connectivity index (χ0n) is 28.9. The molecule has 0 radical (unpaired) electrons. The first-order chi connectivity index (χ1) is 23.2. The Morgan fingerprint density at radius 1 is 0.875 bits per heavy atom. The van der Waals surface area contributed by atoms with E-state index in [2.05, 4.69) is 31.9 Å². The molecular formula is C39H52N4O5. The molecule has 258 valence electrons. The van der Waals surface area contributed by atoms with E-state index < -0.39 is 29.1 Å². The van der Waals surface area contributed by atoms with Gasteiger partial charge in [-0.05, 0) is 82.9 Å². The number of hydrogen-bond donors (Lipinski definition) is 1. The number of nitrogens with zero attached hydrogens (tertiary/aromatic N) is 4. The van der Waals surface area contributed by atoms with Crippen molar-refractivity contribution < 1.29 is 24.2 Å². The summed E-state index contributed by atoms with van der Waals surface area (Å²) in [7, 11) is 0. The standard InChI is InChI=1S/C39H52N4O5/c1-6-25-41(30-17-13-12-14-18-30)35(45)32-33-36(46)43(27-15-10-11-16-28-44)34(39(33)24-23-38(32,5)48-39)37(47)42(26-7-2)31-21-19-29(20-22-31)40(8-3)9-4/h6-7,12-14,17-22,32-34,44H,1-2,8-11,15-16,23-28H2,3-5H3/t32-,33-,34?,38+,39?/m0/s1. The van der Waals surface area contributed by atoms with E-state index in [0.717, 1.165) is 43.0 Å². The van der Waals surface area contributed by atoms with Crippen molar-refractivity contribution in [2.24, 2.45) is 11.8 Å². The molecule has 48 heavy (non-hydrogen) atoms. The maximum absolute atomic E-state index is 15.0. The Morgan fingerprint density at radius 2 is 1.46 bits per heavy atom. The average Bonchev–Trinajstić information content (AvgIpc) is 3.67. The monoisotopic (exact) mass is 656 g/mol. The van der Waals surface area contributed by atoms with Crippen LogP contribution in [-0.4, -0.2) is 84.3 Å². The molecule has 1 N–H and O–H groups in total. The zero-order valence-corrected chi connectivity index (χ0v) is 28.9. The molecule has 0 aliphatic carbocycles. The van der Waals surface area contributed by atoms with E-state index in [9.17, 15) is 19.5 Å². The van der Waals surface area contributed by atoms with Gasteiger partial charge in [-0.15, -0.1) is 13.2 Å². The number of carbonyl (C=O) groups excluding carboxylic acids is 3. The molecule has 5 rings (SSSR count). The molecule has 2 aromatic carbocycles. The third-order valence-corrected chi connectivity index (χ3v) is 10.6. The minimum Gasteiger partial charge on any atom is -0.396 e. The van der Waals surface area contributed by atoms with Gasteiger partial charge in [-0.2, -0.15) is 0 Å². The number of unbranched alkanes of at least 4 members (excludes halogenated alkanes) is 3. The van der Waals surface area contributed by atoms with Crippen LogP contribution in [0.3, 0.4) is 0 Å². The third-order valence-electron chi connectivity index (χ3n) is 10.6. The number of likely N-dealkylation sites (tertiary alicyclic amines) is 1. The summed E-state index contributed by atoms with van der Waals surface area (Å²) in [5, 5.41) is 9.30. The van der Waals surface area contributed by atoms with E-state index in [-0.39, 0.29) is 37.4 Å². The van der Waals surface area contributed by atoms with Crippen LogP contribution in [0.5, 0.6) is 0 Å². The number of rotatable bonds is 17. The maximum atomic E-state index is 15.0. The Morgan fingerprint density at radius 3 is 2.06 bits per heavy atom. The second-order valence-electron chi connectivity index (χ2n) is 13.4. The fourth-order valence-corrected chi connectivity index (χ4v) is 8.33. The van der Waals surface area contributed by atoms with Crippen molar-refractivity contribution in [3.8, 4) is 0 Å². The highest BCUT2D eigenvalue weighted by molar-refractivity contribution is 6.06. The minimum atomic E-state index is -1.13. The summed E-state index contributed by atoms with van der Waals surface area (Å²) < 4.78 is 6.94. The first-order valence-corrected chi connectivity index (χ1v) is 17.6. The van der Waals surface area contributed by atoms with Crippen molar-refractivity contribution in [1.82, 2.24) is 4.90 Å². The van der Waals surface area contributed by atoms with E-state index >= 15 is 0 Å². The minimum absolute atomic E-state index is 0.122. The molecule has 3 amide bonds. The van der Waals surface area contributed by atoms with Crippen LogP contribution < -0.4 is 14.7 Å². The number of hydrogen-bond acceptors (Lipinski definition) is 6. The lowest BCUT2D eigenvalue weighted by Gasteiger charge is -2.37. The number of carbonyl (C=O) groups is 3. The highest BCUT2D eigenvalue weighted by Crippen LogP contribution is 2.63. The summed E-state index contributed by atoms with van der Waals surface area (Å²) in [4.78, 5) is 51.6. The van der Waals surface area contributed by atoms with Gasteiger partial charge in [-0.1, -0.05) is 43.2 Å². The van der Waals surface area contributed by atoms with Gasteiger partial charge in [0, 0.05) is 56.4 Å². The summed E-state index contributed by atoms with van der Waals surface area (Å²) in [5.74, 6) is -2.15. The predicted molar refractivity (Wildman–Crippen MR) is 191 cm³/mol. The lowest BCUT2D eigenvalue weighted by atomic mass is 9.66. The highest BCUT2D eigenvalue weighted by Gasteiger charge is 2.78. The van der Waals surface area contributed by atoms with Crippen LogP contribution in [0.25, 0.3) is 0 Å². The van der Waals surface area contributed by atoms with E-state index in [1.165, 1.54) is 0 Å². The Balaban J connectivity index is 1.54. The van der Waals surface area contributed by atoms with Gasteiger partial charge in [0.2, 0.25) is 11.8 Å². The Kier molecular flexibility index (Phi) is 11.1. The highest BCUT2D eigenvalue weighted by atomic mass is 16.5. The predicted octanol–water partition coefficient (Wildman–Crippen LogP) is 5.59. The Hall–Kier alpha value is -3.95. The second-order valence-corrected chi connectivity index (χ2v) is 13.4. The van der Waals surface area contributed by atoms with Gasteiger partial charge in [0.05, 0.1) is 17.4 Å². The number of para-hydroxylation sites is 1. The largest absolute Gasteiger partial charge is 0.396 e. The van der Waals surface area contributed by atoms with Gasteiger partial charge in [0.15, 0.2) is 0 Å². The summed E-state index contributed by atoms with van der Waals surface area (Å²) in [6, 6.07) is 16.5. The molecule has 2 unspecified atom stereocenters. The fourth-order valence-electron chi connectivity index (χ4n) is 8.33. The molecule has 9 nitrogen and oxygen atoms in total. The van der Waals surface area contributed by atoms with Crippen LogP contribution in [0.4, 0.5) is 17.1 Å². The first kappa shape index (κ1) is 35.4. The molecule has 3 aliphatic rings. The molecule has 5 atom stereocenters. The van der Waals surface area contributed by atoms with E-state index in [1.807, 2.05) is 61.5 Å². The van der Waals surface area contributed by atoms with Crippen molar-refractivity contribution in [3.63, 3.8) is 0 Å². The quantitative estimate of drug-likeness (QED) is 0.176. The van der Waals surface area contributed by atoms with Gasteiger partial charge >= 0.3 is 0 Å². The molecule has 3 fully saturated rings. The molecule has 9 heteroatoms. The second kappa shape index (κ2) is 15.1. The third kappa shape index (κ3) is 6.30. The van der Waals surface area contributed by atoms with Crippen LogP contribution in [0, 0.1) is 11.8 Å². The Labute approximate surface area is 285 Å². The summed E-state index contributed by atoms with van der Waals surface area (Å²) in [5.41, 5.74) is 0.492. The number of amides is 3. The number of fused-ring (bicyclic) bond motifs is 1. The Bertz CT molecular complexity index is 1460. The van der Waals surface area contributed by atoms with Crippen molar-refractivity contribution in [3.05, 3.63) is 79.9 Å². The molecule has 3 aliphatic heterocycles. The summed E-state index contributed by atoms with van der Waals surface area (Å²) >= 11 is 0. The van der Waals surface area contributed by atoms with Gasteiger partial charge in [0.25, 0.3) is 5.91 Å². The van der Waals surface area contributed by atoms with Crippen molar-refractivity contribution in [2.45, 2.75) is 76.5 Å². The van der Waals surface area contributed by atoms with Gasteiger partial charge in [-0.3, -0.25) is 14.4 Å². The average molecular weight is 657 g/mol. The fraction of sp³-hybridized carbons (Fsp3) is 0.513. The molecule has 2 bridgehead atoms. The summed E-state index contributed by atoms with van der Waals surface area (Å²) in [6.45, 7) is 16.8. The molecule has 0 saturated carbocycles. The van der Waals surface area contributed by atoms with Crippen molar-refractivity contribution >= 4 is 34.8 Å². The number of aliphatic hydroxyl groups excluding tert-OH is 1. The molecule has 2 aromatic rings. The van der Waals surface area contributed by atoms with Gasteiger partial charge in [0.1, 0.15) is 11.6 Å². The number of anilines is 3. The van der Waals surface area contributed by atoms with Crippen LogP contribution in [-0.2, 0) is 19.1 Å². The smallest absolute Gasteiger partial charge is 0.253 e. The first-order valence-electron chi connectivity index (χ1n) is 17.6. The zero-order chi connectivity index (χ0) is 34.5. The number of aliphatic hydroxyl groups is 1. The van der Waals surface area contributed by atoms with E-state index in [0.29, 0.717) is 32.2 Å². The topological polar surface area (TPSA) is 93.6 Å². The number of benzene rings is 2. The molecule has 0 aromatic heterocycles. The van der Waals surface area contributed by atoms with Crippen molar-refractivity contribution in [1.29, 1.82) is 0 Å². The van der Waals surface area contributed by atoms with Crippen LogP contribution >= 0.6 is 0 Å². The van der Waals surface area contributed by atoms with E-state index in [1.54, 1.807) is 26.9 Å². The summed E-state index contributed by atoms with van der Waals surface area (Å²) in [6.07, 6.45) is 7.49. The van der Waals surface area contributed by atoms with Crippen LogP contribution in [0.2, 0.25) is 0 Å². The molecular weight excluding hydrogens is 604 g/mol. The lowest BCUT2D eigenvalue weighted by Crippen LogP contribution is -2.56. The van der Waals surface area contributed by atoms with Crippen molar-refractivity contribution in [2.75, 3.05) is 54.0 Å². The molecule has 3 heterocycles. The van der Waals surface area contributed by atoms with Gasteiger partial charge in [-0.25, -0.2) is 0 Å². The SMILES string of the molecule is C=CCN(C(=O)C1N(CCCCCCO)C(=O)[C@@H]2[C@@H](C(=O)N(CC=C)c3ccccc3)[C@@]3(C)CCC12O3)c1ccc(N(CC)CC)cc1. The normalized spacial score (nSPS) is 25.5. The molecule has 1 spiro atoms. The van der Waals surface area contributed by atoms with Crippen LogP contribution in [0.15, 0.2) is 79.9 Å². The number of ether oxygens (including phenoxy) is 1. The molecule has 3 saturated heterocycles. The van der Waals surface area contributed by atoms with Gasteiger partial charge < -0.3 is 29.4 Å². The lowest BCUT2D eigenvalue weighted by molar-refractivity contribution is -0.144. The maximum Gasteiger partial charge on any atom is 0.253 e.